The minimum absolute atomic E-state index is 0.0591. The number of non-ortho nitro benzene ring substituents is 1. The molecular weight excluding hydrogens is 418 g/mol. The van der Waals surface area contributed by atoms with Gasteiger partial charge in [0.05, 0.1) is 29.2 Å². The Morgan fingerprint density at radius 2 is 1.91 bits per heavy atom. The van der Waals surface area contributed by atoms with E-state index < -0.39 is 16.8 Å². The molecule has 0 aliphatic heterocycles. The molecule has 1 aromatic heterocycles. The molecule has 0 aliphatic carbocycles. The lowest BCUT2D eigenvalue weighted by Crippen LogP contribution is -2.13. The van der Waals surface area contributed by atoms with Gasteiger partial charge in [0.15, 0.2) is 0 Å². The van der Waals surface area contributed by atoms with E-state index in [2.05, 4.69) is 5.32 Å². The summed E-state index contributed by atoms with van der Waals surface area (Å²) in [6, 6.07) is 14.4. The van der Waals surface area contributed by atoms with E-state index in [0.717, 1.165) is 0 Å². The molecule has 0 radical (unpaired) electrons. The molecule has 0 aliphatic rings. The fourth-order valence-electron chi connectivity index (χ4n) is 2.76. The van der Waals surface area contributed by atoms with Crippen molar-refractivity contribution in [2.45, 2.75) is 0 Å². The van der Waals surface area contributed by atoms with Crippen LogP contribution in [0.5, 0.6) is 5.75 Å². The number of amides is 1. The van der Waals surface area contributed by atoms with Gasteiger partial charge >= 0.3 is 5.97 Å². The Morgan fingerprint density at radius 1 is 1.19 bits per heavy atom. The summed E-state index contributed by atoms with van der Waals surface area (Å²) < 4.78 is 10.9. The number of rotatable bonds is 7. The number of carbonyl (C=O) groups excluding carboxylic acids is 1. The van der Waals surface area contributed by atoms with E-state index in [-0.39, 0.29) is 28.3 Å². The molecule has 1 amide bonds. The van der Waals surface area contributed by atoms with E-state index in [9.17, 15) is 25.0 Å². The maximum absolute atomic E-state index is 12.4. The van der Waals surface area contributed by atoms with E-state index in [1.807, 2.05) is 0 Å². The Labute approximate surface area is 181 Å². The van der Waals surface area contributed by atoms with Gasteiger partial charge in [0.25, 0.3) is 11.6 Å². The molecule has 2 N–H and O–H groups in total. The Morgan fingerprint density at radius 3 is 2.50 bits per heavy atom. The number of methoxy groups -OCH3 is 1. The molecule has 0 spiro atoms. The number of nitro groups is 1. The molecule has 0 saturated carbocycles. The van der Waals surface area contributed by atoms with Crippen LogP contribution < -0.4 is 10.1 Å². The number of furan rings is 1. The van der Waals surface area contributed by atoms with E-state index in [4.69, 9.17) is 14.3 Å². The number of ether oxygens (including phenoxy) is 1. The number of nitrogens with one attached hydrogen (secondary N) is 1. The Hall–Kier alpha value is -4.91. The van der Waals surface area contributed by atoms with Gasteiger partial charge in [-0.05, 0) is 42.5 Å². The molecule has 0 unspecified atom stereocenters. The molecule has 0 fully saturated rings. The third-order valence-electron chi connectivity index (χ3n) is 4.33. The van der Waals surface area contributed by atoms with Crippen LogP contribution in [-0.4, -0.2) is 29.0 Å². The van der Waals surface area contributed by atoms with Crippen molar-refractivity contribution in [1.29, 1.82) is 5.26 Å². The number of carboxylic acid groups (broad SMARTS) is 1. The second-order valence-electron chi connectivity index (χ2n) is 6.35. The van der Waals surface area contributed by atoms with Crippen molar-refractivity contribution >= 4 is 29.3 Å². The quantitative estimate of drug-likeness (QED) is 0.244. The van der Waals surface area contributed by atoms with Gasteiger partial charge in [0.2, 0.25) is 0 Å². The zero-order valence-electron chi connectivity index (χ0n) is 16.6. The SMILES string of the molecule is COc1cc([N+](=O)[O-])ccc1-c1ccc(C=C(C#N)C(=O)Nc2ccc(C(=O)O)cc2)o1. The summed E-state index contributed by atoms with van der Waals surface area (Å²) in [5.74, 6) is -1.05. The number of carbonyl (C=O) groups is 2. The molecule has 2 aromatic carbocycles. The maximum Gasteiger partial charge on any atom is 0.335 e. The van der Waals surface area contributed by atoms with Gasteiger partial charge in [-0.15, -0.1) is 0 Å². The highest BCUT2D eigenvalue weighted by atomic mass is 16.6. The number of anilines is 1. The predicted octanol–water partition coefficient (Wildman–Crippen LogP) is 4.11. The number of hydrogen-bond acceptors (Lipinski definition) is 7. The number of hydrogen-bond donors (Lipinski definition) is 2. The van der Waals surface area contributed by atoms with Crippen LogP contribution in [-0.2, 0) is 4.79 Å². The Kier molecular flexibility index (Phi) is 6.31. The van der Waals surface area contributed by atoms with E-state index in [1.165, 1.54) is 61.7 Å². The zero-order chi connectivity index (χ0) is 23.3. The molecule has 32 heavy (non-hydrogen) atoms. The molecule has 0 saturated heterocycles. The average molecular weight is 433 g/mol. The summed E-state index contributed by atoms with van der Waals surface area (Å²) in [6.45, 7) is 0. The van der Waals surface area contributed by atoms with Crippen LogP contribution in [0.3, 0.4) is 0 Å². The summed E-state index contributed by atoms with van der Waals surface area (Å²) in [4.78, 5) is 33.7. The lowest BCUT2D eigenvalue weighted by atomic mass is 10.1. The van der Waals surface area contributed by atoms with Gasteiger partial charge in [-0.25, -0.2) is 4.79 Å². The van der Waals surface area contributed by atoms with Gasteiger partial charge in [-0.1, -0.05) is 0 Å². The van der Waals surface area contributed by atoms with Crippen molar-refractivity contribution in [2.24, 2.45) is 0 Å². The first-order valence-corrected chi connectivity index (χ1v) is 9.01. The smallest absolute Gasteiger partial charge is 0.335 e. The maximum atomic E-state index is 12.4. The number of benzene rings is 2. The first kappa shape index (κ1) is 21.8. The number of nitrogens with zero attached hydrogens (tertiary/aromatic N) is 2. The largest absolute Gasteiger partial charge is 0.496 e. The lowest BCUT2D eigenvalue weighted by molar-refractivity contribution is -0.384. The van der Waals surface area contributed by atoms with Gasteiger partial charge in [0.1, 0.15) is 28.9 Å². The van der Waals surface area contributed by atoms with Gasteiger partial charge in [-0.2, -0.15) is 5.26 Å². The van der Waals surface area contributed by atoms with Gasteiger partial charge in [-0.3, -0.25) is 14.9 Å². The minimum Gasteiger partial charge on any atom is -0.496 e. The van der Waals surface area contributed by atoms with Crippen molar-refractivity contribution in [3.8, 4) is 23.1 Å². The van der Waals surface area contributed by atoms with Crippen LogP contribution in [0.2, 0.25) is 0 Å². The highest BCUT2D eigenvalue weighted by Gasteiger charge is 2.16. The predicted molar refractivity (Wildman–Crippen MR) is 113 cm³/mol. The van der Waals surface area contributed by atoms with E-state index in [1.54, 1.807) is 12.1 Å². The topological polar surface area (TPSA) is 156 Å². The van der Waals surface area contributed by atoms with Crippen LogP contribution in [0.1, 0.15) is 16.1 Å². The van der Waals surface area contributed by atoms with Crippen molar-refractivity contribution in [1.82, 2.24) is 0 Å². The average Bonchev–Trinajstić information content (AvgIpc) is 3.25. The molecule has 10 heteroatoms. The Balaban J connectivity index is 1.82. The number of nitriles is 1. The molecule has 160 valence electrons. The van der Waals surface area contributed by atoms with E-state index >= 15 is 0 Å². The second kappa shape index (κ2) is 9.27. The fourth-order valence-corrected chi connectivity index (χ4v) is 2.76. The first-order valence-electron chi connectivity index (χ1n) is 9.01. The number of nitro benzene ring substituents is 1. The summed E-state index contributed by atoms with van der Waals surface area (Å²) >= 11 is 0. The van der Waals surface area contributed by atoms with Crippen LogP contribution in [0.25, 0.3) is 17.4 Å². The van der Waals surface area contributed by atoms with Crippen LogP contribution in [0.4, 0.5) is 11.4 Å². The minimum atomic E-state index is -1.10. The molecule has 0 atom stereocenters. The summed E-state index contributed by atoms with van der Waals surface area (Å²) in [6.07, 6.45) is 1.24. The summed E-state index contributed by atoms with van der Waals surface area (Å²) in [5, 5.41) is 31.7. The molecule has 0 bridgehead atoms. The van der Waals surface area contributed by atoms with Crippen molar-refractivity contribution in [3.63, 3.8) is 0 Å². The molecule has 3 rings (SSSR count). The first-order chi connectivity index (χ1) is 15.3. The molecule has 10 nitrogen and oxygen atoms in total. The molecular formula is C22H15N3O7. The van der Waals surface area contributed by atoms with Crippen LogP contribution in [0, 0.1) is 21.4 Å². The standard InChI is InChI=1S/C22H15N3O7/c1-31-20-11-16(25(29)30)6-8-18(20)19-9-7-17(32-19)10-14(12-23)21(26)24-15-4-2-13(3-5-15)22(27)28/h2-11H,1H3,(H,24,26)(H,27,28). The van der Waals surface area contributed by atoms with Gasteiger partial charge in [0, 0.05) is 17.8 Å². The van der Waals surface area contributed by atoms with E-state index in [0.29, 0.717) is 17.0 Å². The normalized spacial score (nSPS) is 10.8. The molecule has 3 aromatic rings. The summed E-state index contributed by atoms with van der Waals surface area (Å²) in [7, 11) is 1.37. The highest BCUT2D eigenvalue weighted by molar-refractivity contribution is 6.09. The monoisotopic (exact) mass is 433 g/mol. The van der Waals surface area contributed by atoms with Crippen LogP contribution in [0.15, 0.2) is 64.6 Å². The third kappa shape index (κ3) is 4.80. The zero-order valence-corrected chi connectivity index (χ0v) is 16.6. The third-order valence-corrected chi connectivity index (χ3v) is 4.33. The summed E-state index contributed by atoms with van der Waals surface area (Å²) in [5.41, 5.74) is 0.445. The van der Waals surface area contributed by atoms with Gasteiger partial charge < -0.3 is 19.6 Å². The van der Waals surface area contributed by atoms with Crippen molar-refractivity contribution < 1.29 is 28.8 Å². The lowest BCUT2D eigenvalue weighted by Gasteiger charge is -2.06. The van der Waals surface area contributed by atoms with Crippen molar-refractivity contribution in [2.75, 3.05) is 12.4 Å². The number of carboxylic acids is 1. The molecule has 1 heterocycles. The highest BCUT2D eigenvalue weighted by Crippen LogP contribution is 2.34. The van der Waals surface area contributed by atoms with Crippen LogP contribution >= 0.6 is 0 Å². The fraction of sp³-hybridized carbons (Fsp3) is 0.0455. The number of aromatic carboxylic acids is 1. The Bertz CT molecular complexity index is 1270. The second-order valence-corrected chi connectivity index (χ2v) is 6.35. The van der Waals surface area contributed by atoms with Crippen molar-refractivity contribution in [3.05, 3.63) is 81.6 Å².